The van der Waals surface area contributed by atoms with Crippen molar-refractivity contribution >= 4 is 5.91 Å². The Labute approximate surface area is 130 Å². The van der Waals surface area contributed by atoms with Crippen molar-refractivity contribution in [3.8, 4) is 0 Å². The summed E-state index contributed by atoms with van der Waals surface area (Å²) in [5.74, 6) is 0.0907. The van der Waals surface area contributed by atoms with Crippen LogP contribution in [0.3, 0.4) is 0 Å². The minimum absolute atomic E-state index is 0.0907. The van der Waals surface area contributed by atoms with Crippen LogP contribution in [0.4, 0.5) is 0 Å². The molecule has 0 aliphatic carbocycles. The summed E-state index contributed by atoms with van der Waals surface area (Å²) in [5, 5.41) is 7.18. The molecule has 1 amide bonds. The van der Waals surface area contributed by atoms with Crippen LogP contribution in [0.5, 0.6) is 0 Å². The van der Waals surface area contributed by atoms with E-state index in [0.29, 0.717) is 19.1 Å². The van der Waals surface area contributed by atoms with Gasteiger partial charge >= 0.3 is 0 Å². The minimum atomic E-state index is 0.0907. The van der Waals surface area contributed by atoms with Crippen molar-refractivity contribution in [3.63, 3.8) is 0 Å². The van der Waals surface area contributed by atoms with Gasteiger partial charge in [0, 0.05) is 32.0 Å². The molecule has 5 nitrogen and oxygen atoms in total. The standard InChI is InChI=1S/C17H21N3O2/c21-17(6-5-16-7-10-22-16)18-12-14-3-1-4-15(11-14)13-20-9-2-8-19-20/h1-4,8-9,11,16H,5-7,10,12-13H2,(H,18,21). The van der Waals surface area contributed by atoms with Crippen molar-refractivity contribution < 1.29 is 9.53 Å². The van der Waals surface area contributed by atoms with E-state index in [4.69, 9.17) is 4.74 Å². The van der Waals surface area contributed by atoms with Crippen LogP contribution < -0.4 is 5.32 Å². The molecular weight excluding hydrogens is 278 g/mol. The summed E-state index contributed by atoms with van der Waals surface area (Å²) < 4.78 is 7.21. The van der Waals surface area contributed by atoms with Crippen molar-refractivity contribution in [2.24, 2.45) is 0 Å². The maximum absolute atomic E-state index is 11.8. The second-order valence-electron chi connectivity index (χ2n) is 5.62. The maximum atomic E-state index is 11.8. The van der Waals surface area contributed by atoms with E-state index >= 15 is 0 Å². The summed E-state index contributed by atoms with van der Waals surface area (Å²) in [5.41, 5.74) is 2.29. The van der Waals surface area contributed by atoms with Crippen molar-refractivity contribution in [2.45, 2.75) is 38.5 Å². The lowest BCUT2D eigenvalue weighted by Gasteiger charge is -2.25. The lowest BCUT2D eigenvalue weighted by atomic mass is 10.1. The highest BCUT2D eigenvalue weighted by molar-refractivity contribution is 5.75. The van der Waals surface area contributed by atoms with Gasteiger partial charge in [-0.3, -0.25) is 9.48 Å². The Balaban J connectivity index is 1.46. The summed E-state index contributed by atoms with van der Waals surface area (Å²) in [6, 6.07) is 10.1. The zero-order chi connectivity index (χ0) is 15.2. The Morgan fingerprint density at radius 3 is 2.95 bits per heavy atom. The van der Waals surface area contributed by atoms with Gasteiger partial charge in [0.15, 0.2) is 0 Å². The fourth-order valence-electron chi connectivity index (χ4n) is 2.51. The van der Waals surface area contributed by atoms with Crippen LogP contribution in [0.25, 0.3) is 0 Å². The molecular formula is C17H21N3O2. The molecule has 1 unspecified atom stereocenters. The molecule has 1 fully saturated rings. The Bertz CT molecular complexity index is 606. The third kappa shape index (κ3) is 4.18. The fourth-order valence-corrected chi connectivity index (χ4v) is 2.51. The summed E-state index contributed by atoms with van der Waals surface area (Å²) >= 11 is 0. The van der Waals surface area contributed by atoms with Crippen LogP contribution in [0.2, 0.25) is 0 Å². The smallest absolute Gasteiger partial charge is 0.220 e. The predicted octanol–water partition coefficient (Wildman–Crippen LogP) is 2.12. The number of nitrogens with one attached hydrogen (secondary N) is 1. The molecule has 1 aliphatic heterocycles. The second-order valence-corrected chi connectivity index (χ2v) is 5.62. The number of carbonyl (C=O) groups is 1. The molecule has 0 spiro atoms. The Morgan fingerprint density at radius 1 is 1.36 bits per heavy atom. The van der Waals surface area contributed by atoms with Gasteiger partial charge in [-0.05, 0) is 30.0 Å². The van der Waals surface area contributed by atoms with E-state index in [2.05, 4.69) is 22.5 Å². The van der Waals surface area contributed by atoms with Gasteiger partial charge in [-0.15, -0.1) is 0 Å². The highest BCUT2D eigenvalue weighted by atomic mass is 16.5. The van der Waals surface area contributed by atoms with Crippen LogP contribution in [0.1, 0.15) is 30.4 Å². The van der Waals surface area contributed by atoms with E-state index in [1.807, 2.05) is 29.1 Å². The zero-order valence-corrected chi connectivity index (χ0v) is 12.6. The molecule has 2 aromatic rings. The molecule has 1 aliphatic rings. The highest BCUT2D eigenvalue weighted by Crippen LogP contribution is 2.16. The topological polar surface area (TPSA) is 56.1 Å². The summed E-state index contributed by atoms with van der Waals surface area (Å²) in [4.78, 5) is 11.8. The largest absolute Gasteiger partial charge is 0.378 e. The molecule has 1 N–H and O–H groups in total. The molecule has 1 aromatic carbocycles. The summed E-state index contributed by atoms with van der Waals surface area (Å²) in [6.45, 7) is 2.15. The number of nitrogens with zero attached hydrogens (tertiary/aromatic N) is 2. The SMILES string of the molecule is O=C(CCC1CCO1)NCc1cccc(Cn2cccn2)c1. The van der Waals surface area contributed by atoms with Gasteiger partial charge in [-0.2, -0.15) is 5.10 Å². The molecule has 1 atom stereocenters. The number of benzene rings is 1. The van der Waals surface area contributed by atoms with Gasteiger partial charge in [-0.25, -0.2) is 0 Å². The van der Waals surface area contributed by atoms with E-state index in [1.54, 1.807) is 6.20 Å². The number of aromatic nitrogens is 2. The normalized spacial score (nSPS) is 17.0. The number of rotatable bonds is 7. The molecule has 0 bridgehead atoms. The van der Waals surface area contributed by atoms with Gasteiger partial charge in [-0.1, -0.05) is 24.3 Å². The van der Waals surface area contributed by atoms with Crippen LogP contribution in [0.15, 0.2) is 42.7 Å². The number of ether oxygens (including phenoxy) is 1. The molecule has 0 saturated carbocycles. The molecule has 1 aromatic heterocycles. The first kappa shape index (κ1) is 14.8. The highest BCUT2D eigenvalue weighted by Gasteiger charge is 2.18. The number of hydrogen-bond acceptors (Lipinski definition) is 3. The number of hydrogen-bond donors (Lipinski definition) is 1. The van der Waals surface area contributed by atoms with Crippen molar-refractivity contribution in [2.75, 3.05) is 6.61 Å². The van der Waals surface area contributed by atoms with E-state index in [9.17, 15) is 4.79 Å². The Hall–Kier alpha value is -2.14. The predicted molar refractivity (Wildman–Crippen MR) is 83.2 cm³/mol. The summed E-state index contributed by atoms with van der Waals surface area (Å²) in [7, 11) is 0. The number of amides is 1. The maximum Gasteiger partial charge on any atom is 0.220 e. The number of carbonyl (C=O) groups excluding carboxylic acids is 1. The van der Waals surface area contributed by atoms with Gasteiger partial charge in [0.25, 0.3) is 0 Å². The van der Waals surface area contributed by atoms with Gasteiger partial charge in [0.05, 0.1) is 12.6 Å². The Kier molecular flexibility index (Phi) is 4.85. The fraction of sp³-hybridized carbons (Fsp3) is 0.412. The molecule has 2 heterocycles. The molecule has 5 heteroatoms. The van der Waals surface area contributed by atoms with Crippen molar-refractivity contribution in [1.29, 1.82) is 0 Å². The van der Waals surface area contributed by atoms with E-state index in [1.165, 1.54) is 5.56 Å². The first-order chi connectivity index (χ1) is 10.8. The van der Waals surface area contributed by atoms with Crippen molar-refractivity contribution in [3.05, 3.63) is 53.9 Å². The van der Waals surface area contributed by atoms with E-state index < -0.39 is 0 Å². The monoisotopic (exact) mass is 299 g/mol. The van der Waals surface area contributed by atoms with E-state index in [0.717, 1.165) is 31.6 Å². The van der Waals surface area contributed by atoms with Gasteiger partial charge < -0.3 is 10.1 Å². The lowest BCUT2D eigenvalue weighted by Crippen LogP contribution is -2.30. The zero-order valence-electron chi connectivity index (χ0n) is 12.6. The quantitative estimate of drug-likeness (QED) is 0.852. The first-order valence-electron chi connectivity index (χ1n) is 7.73. The lowest BCUT2D eigenvalue weighted by molar-refractivity contribution is -0.123. The second kappa shape index (κ2) is 7.22. The Morgan fingerprint density at radius 2 is 2.23 bits per heavy atom. The van der Waals surface area contributed by atoms with Crippen molar-refractivity contribution in [1.82, 2.24) is 15.1 Å². The molecule has 1 saturated heterocycles. The van der Waals surface area contributed by atoms with Gasteiger partial charge in [0.2, 0.25) is 5.91 Å². The first-order valence-corrected chi connectivity index (χ1v) is 7.73. The van der Waals surface area contributed by atoms with Crippen LogP contribution >= 0.6 is 0 Å². The average molecular weight is 299 g/mol. The minimum Gasteiger partial charge on any atom is -0.378 e. The third-order valence-electron chi connectivity index (χ3n) is 3.87. The summed E-state index contributed by atoms with van der Waals surface area (Å²) in [6.07, 6.45) is 6.46. The van der Waals surface area contributed by atoms with Crippen LogP contribution in [-0.2, 0) is 22.6 Å². The molecule has 22 heavy (non-hydrogen) atoms. The average Bonchev–Trinajstić information content (AvgIpc) is 2.97. The van der Waals surface area contributed by atoms with Crippen LogP contribution in [0, 0.1) is 0 Å². The molecule has 116 valence electrons. The molecule has 3 rings (SSSR count). The van der Waals surface area contributed by atoms with Gasteiger partial charge in [0.1, 0.15) is 0 Å². The van der Waals surface area contributed by atoms with E-state index in [-0.39, 0.29) is 5.91 Å². The third-order valence-corrected chi connectivity index (χ3v) is 3.87. The van der Waals surface area contributed by atoms with Crippen LogP contribution in [-0.4, -0.2) is 28.4 Å². The molecule has 0 radical (unpaired) electrons.